The number of benzene rings is 2. The molecule has 2 atom stereocenters. The van der Waals surface area contributed by atoms with Crippen molar-refractivity contribution >= 4 is 34.6 Å². The fourth-order valence-corrected chi connectivity index (χ4v) is 8.76. The summed E-state index contributed by atoms with van der Waals surface area (Å²) < 4.78 is 86.9. The lowest BCUT2D eigenvalue weighted by molar-refractivity contribution is -0.137. The number of hydrogen-bond donors (Lipinski definition) is 0. The molecule has 4 aliphatic rings. The average Bonchev–Trinajstić information content (AvgIpc) is 3.02. The molecule has 1 amide bonds. The Kier molecular flexibility index (Phi) is 9.51. The summed E-state index contributed by atoms with van der Waals surface area (Å²) in [5, 5.41) is 0.104. The molecule has 0 spiro atoms. The first kappa shape index (κ1) is 35.9. The molecule has 276 valence electrons. The number of thioether (sulfide) groups is 1. The van der Waals surface area contributed by atoms with Crippen LogP contribution in [0.1, 0.15) is 39.3 Å². The van der Waals surface area contributed by atoms with Crippen molar-refractivity contribution in [3.8, 4) is 11.1 Å². The number of nitrogens with zero attached hydrogens (tertiary/aromatic N) is 6. The highest BCUT2D eigenvalue weighted by Crippen LogP contribution is 2.50. The zero-order valence-electron chi connectivity index (χ0n) is 28.9. The van der Waals surface area contributed by atoms with Gasteiger partial charge in [0.25, 0.3) is 0 Å². The first-order valence-corrected chi connectivity index (χ1v) is 18.1. The summed E-state index contributed by atoms with van der Waals surface area (Å²) >= 11 is 1.15. The van der Waals surface area contributed by atoms with Crippen LogP contribution in [0.2, 0.25) is 0 Å². The maximum absolute atomic E-state index is 15.4. The highest BCUT2D eigenvalue weighted by molar-refractivity contribution is 7.99. The van der Waals surface area contributed by atoms with E-state index in [1.54, 1.807) is 25.7 Å². The Morgan fingerprint density at radius 3 is 2.37 bits per heavy atom. The van der Waals surface area contributed by atoms with E-state index in [-0.39, 0.29) is 47.0 Å². The molecule has 3 aromatic rings. The van der Waals surface area contributed by atoms with Crippen LogP contribution in [-0.2, 0) is 15.7 Å². The molecule has 3 saturated heterocycles. The van der Waals surface area contributed by atoms with Crippen molar-refractivity contribution in [1.29, 1.82) is 0 Å². The Bertz CT molecular complexity index is 1890. The zero-order chi connectivity index (χ0) is 36.4. The van der Waals surface area contributed by atoms with Crippen LogP contribution in [0.25, 0.3) is 22.0 Å². The molecular formula is C35H41F5N6O4S. The van der Waals surface area contributed by atoms with Crippen molar-refractivity contribution in [1.82, 2.24) is 24.3 Å². The summed E-state index contributed by atoms with van der Waals surface area (Å²) in [6, 6.07) is 3.00. The molecule has 2 aromatic carbocycles. The lowest BCUT2D eigenvalue weighted by atomic mass is 9.95. The van der Waals surface area contributed by atoms with Crippen LogP contribution < -0.4 is 10.6 Å². The molecule has 4 aliphatic heterocycles. The number of rotatable bonds is 5. The number of hydrogen-bond acceptors (Lipinski definition) is 9. The monoisotopic (exact) mass is 736 g/mol. The quantitative estimate of drug-likeness (QED) is 0.317. The Labute approximate surface area is 296 Å². The van der Waals surface area contributed by atoms with Gasteiger partial charge in [-0.2, -0.15) is 18.2 Å². The third-order valence-electron chi connectivity index (χ3n) is 10.00. The Balaban J connectivity index is 1.33. The molecule has 0 unspecified atom stereocenters. The van der Waals surface area contributed by atoms with Crippen LogP contribution in [0.5, 0.6) is 0 Å². The van der Waals surface area contributed by atoms with E-state index in [1.165, 1.54) is 9.47 Å². The lowest BCUT2D eigenvalue weighted by Crippen LogP contribution is -2.57. The molecule has 51 heavy (non-hydrogen) atoms. The van der Waals surface area contributed by atoms with Crippen LogP contribution in [0.15, 0.2) is 34.0 Å². The van der Waals surface area contributed by atoms with Crippen molar-refractivity contribution in [3.05, 3.63) is 51.9 Å². The molecule has 16 heteroatoms. The van der Waals surface area contributed by atoms with Crippen LogP contribution in [-0.4, -0.2) is 119 Å². The highest BCUT2D eigenvalue weighted by atomic mass is 32.2. The van der Waals surface area contributed by atoms with Crippen molar-refractivity contribution in [2.45, 2.75) is 62.5 Å². The standard InChI is InChI=1S/C35H41F5N6O4S/c1-20-15-44(33(48)50-34(2,3)4)11-12-45(20)31-25-14-26(35(38,39)40)28(24-6-5-21(36)13-27(24)37)30-29(25)46(32(47)41-31)22(19-51-30)16-42-7-9-43(10-8-42)23-17-49-18-23/h5-6,13-14,20,22-23H,7-12,15-19H2,1-4H3/t20-,22-/m0/s1. The maximum atomic E-state index is 15.4. The average molecular weight is 737 g/mol. The van der Waals surface area contributed by atoms with Crippen LogP contribution in [0.3, 0.4) is 0 Å². The summed E-state index contributed by atoms with van der Waals surface area (Å²) in [5.74, 6) is -1.73. The Morgan fingerprint density at radius 1 is 1.04 bits per heavy atom. The van der Waals surface area contributed by atoms with E-state index in [2.05, 4.69) is 14.8 Å². The molecule has 5 heterocycles. The summed E-state index contributed by atoms with van der Waals surface area (Å²) in [7, 11) is 0. The topological polar surface area (TPSA) is 83.4 Å². The molecule has 10 nitrogen and oxygen atoms in total. The summed E-state index contributed by atoms with van der Waals surface area (Å²) in [6.07, 6.45) is -5.44. The third kappa shape index (κ3) is 7.03. The minimum atomic E-state index is -4.93. The Hall–Kier alpha value is -3.47. The SMILES string of the molecule is C[C@H]1CN(C(=O)OC(C)(C)C)CCN1c1nc(=O)n2c3c(c(-c4ccc(F)cc4F)c(C(F)(F)F)cc13)SC[C@@H]2CN1CCN(C2COC2)CC1. The van der Waals surface area contributed by atoms with Gasteiger partial charge in [-0.05, 0) is 45.9 Å². The molecule has 0 aliphatic carbocycles. The molecule has 0 saturated carbocycles. The summed E-state index contributed by atoms with van der Waals surface area (Å²) in [5.41, 5.74) is -3.04. The zero-order valence-corrected chi connectivity index (χ0v) is 29.8. The summed E-state index contributed by atoms with van der Waals surface area (Å²) in [6.45, 7) is 12.8. The lowest BCUT2D eigenvalue weighted by Gasteiger charge is -2.44. The van der Waals surface area contributed by atoms with Crippen LogP contribution >= 0.6 is 11.8 Å². The van der Waals surface area contributed by atoms with E-state index in [1.807, 2.05) is 6.92 Å². The van der Waals surface area contributed by atoms with Gasteiger partial charge in [0, 0.05) is 91.6 Å². The smallest absolute Gasteiger partial charge is 0.417 e. The van der Waals surface area contributed by atoms with Gasteiger partial charge in [0.1, 0.15) is 23.1 Å². The normalized spacial score (nSPS) is 22.4. The van der Waals surface area contributed by atoms with Gasteiger partial charge in [-0.15, -0.1) is 11.8 Å². The number of alkyl halides is 3. The fraction of sp³-hybridized carbons (Fsp3) is 0.571. The highest BCUT2D eigenvalue weighted by Gasteiger charge is 2.41. The van der Waals surface area contributed by atoms with E-state index in [0.29, 0.717) is 31.9 Å². The minimum Gasteiger partial charge on any atom is -0.444 e. The summed E-state index contributed by atoms with van der Waals surface area (Å²) in [4.78, 5) is 39.5. The van der Waals surface area contributed by atoms with Crippen molar-refractivity contribution in [3.63, 3.8) is 0 Å². The van der Waals surface area contributed by atoms with E-state index in [9.17, 15) is 14.0 Å². The van der Waals surface area contributed by atoms with Crippen LogP contribution in [0.4, 0.5) is 32.6 Å². The van der Waals surface area contributed by atoms with Gasteiger partial charge < -0.3 is 19.3 Å². The second kappa shape index (κ2) is 13.5. The van der Waals surface area contributed by atoms with Crippen molar-refractivity contribution in [2.24, 2.45) is 0 Å². The molecule has 1 aromatic heterocycles. The Morgan fingerprint density at radius 2 is 1.76 bits per heavy atom. The van der Waals surface area contributed by atoms with Gasteiger partial charge >= 0.3 is 18.0 Å². The van der Waals surface area contributed by atoms with E-state index < -0.39 is 64.0 Å². The second-order valence-corrected chi connectivity index (χ2v) is 15.7. The third-order valence-corrected chi connectivity index (χ3v) is 11.2. The maximum Gasteiger partial charge on any atom is 0.417 e. The molecular weight excluding hydrogens is 695 g/mol. The van der Waals surface area contributed by atoms with Crippen molar-refractivity contribution < 1.29 is 36.2 Å². The molecule has 0 N–H and O–H groups in total. The molecule has 0 bridgehead atoms. The second-order valence-electron chi connectivity index (χ2n) is 14.7. The first-order valence-electron chi connectivity index (χ1n) is 17.2. The number of anilines is 1. The van der Waals surface area contributed by atoms with Crippen molar-refractivity contribution in [2.75, 3.05) is 76.2 Å². The predicted octanol–water partition coefficient (Wildman–Crippen LogP) is 5.47. The number of ether oxygens (including phenoxy) is 2. The fourth-order valence-electron chi connectivity index (χ4n) is 7.44. The van der Waals surface area contributed by atoms with E-state index in [0.717, 1.165) is 56.1 Å². The largest absolute Gasteiger partial charge is 0.444 e. The predicted molar refractivity (Wildman–Crippen MR) is 183 cm³/mol. The number of piperazine rings is 2. The number of halogens is 5. The van der Waals surface area contributed by atoms with Gasteiger partial charge in [0.15, 0.2) is 0 Å². The van der Waals surface area contributed by atoms with E-state index in [4.69, 9.17) is 9.47 Å². The number of aromatic nitrogens is 2. The minimum absolute atomic E-state index is 0.0676. The number of amides is 1. The number of carbonyl (C=O) groups excluding carboxylic acids is 1. The van der Waals surface area contributed by atoms with Gasteiger partial charge in [-0.3, -0.25) is 14.4 Å². The molecule has 3 fully saturated rings. The number of carbonyl (C=O) groups is 1. The molecule has 0 radical (unpaired) electrons. The van der Waals surface area contributed by atoms with Gasteiger partial charge in [-0.1, -0.05) is 0 Å². The van der Waals surface area contributed by atoms with Gasteiger partial charge in [0.05, 0.1) is 36.4 Å². The van der Waals surface area contributed by atoms with E-state index >= 15 is 17.6 Å². The van der Waals surface area contributed by atoms with Gasteiger partial charge in [-0.25, -0.2) is 18.4 Å². The van der Waals surface area contributed by atoms with Gasteiger partial charge in [0.2, 0.25) is 0 Å². The van der Waals surface area contributed by atoms with Crippen LogP contribution in [0, 0.1) is 11.6 Å². The molecule has 7 rings (SSSR count). The first-order chi connectivity index (χ1) is 24.1.